The molecule has 6 heteroatoms. The third-order valence-corrected chi connectivity index (χ3v) is 4.76. The van der Waals surface area contributed by atoms with E-state index in [2.05, 4.69) is 27.0 Å². The van der Waals surface area contributed by atoms with Crippen LogP contribution in [0.2, 0.25) is 0 Å². The van der Waals surface area contributed by atoms with Crippen molar-refractivity contribution < 1.29 is 4.79 Å². The number of hydrazone groups is 1. The van der Waals surface area contributed by atoms with E-state index in [1.54, 1.807) is 30.1 Å². The van der Waals surface area contributed by atoms with Crippen molar-refractivity contribution in [3.63, 3.8) is 0 Å². The van der Waals surface area contributed by atoms with Gasteiger partial charge >= 0.3 is 0 Å². The highest BCUT2D eigenvalue weighted by Crippen LogP contribution is 2.18. The van der Waals surface area contributed by atoms with Crippen LogP contribution in [0.3, 0.4) is 0 Å². The molecule has 0 atom stereocenters. The molecule has 3 aromatic rings. The molecule has 0 spiro atoms. The number of fused-ring (bicyclic) bond motifs is 1. The van der Waals surface area contributed by atoms with Gasteiger partial charge in [-0.05, 0) is 56.0 Å². The predicted molar refractivity (Wildman–Crippen MR) is 103 cm³/mol. The molecule has 25 heavy (non-hydrogen) atoms. The molecule has 0 radical (unpaired) electrons. The first-order valence-corrected chi connectivity index (χ1v) is 9.29. The Morgan fingerprint density at radius 3 is 2.72 bits per heavy atom. The van der Waals surface area contributed by atoms with E-state index >= 15 is 0 Å². The number of benzene rings is 2. The van der Waals surface area contributed by atoms with Crippen LogP contribution in [0.4, 0.5) is 0 Å². The van der Waals surface area contributed by atoms with E-state index in [1.165, 1.54) is 4.90 Å². The molecule has 0 unspecified atom stereocenters. The Kier molecular flexibility index (Phi) is 5.19. The van der Waals surface area contributed by atoms with Crippen molar-refractivity contribution in [2.45, 2.75) is 25.3 Å². The van der Waals surface area contributed by atoms with Gasteiger partial charge in [0.05, 0.1) is 17.2 Å². The molecule has 1 heterocycles. The minimum atomic E-state index is -0.248. The molecule has 0 fully saturated rings. The predicted octanol–water partition coefficient (Wildman–Crippen LogP) is 3.85. The van der Waals surface area contributed by atoms with Crippen LogP contribution in [0, 0.1) is 6.92 Å². The molecular formula is C19H20N4OS. The Bertz CT molecular complexity index is 928. The Labute approximate surface area is 151 Å². The Hall–Kier alpha value is -2.60. The van der Waals surface area contributed by atoms with E-state index in [0.717, 1.165) is 29.0 Å². The standard InChI is InChI=1S/C19H20N4OS/c1-4-23-13(2)21-17-11-15(7-10-18(17)23)19(24)22-20-12-14-5-8-16(25-3)9-6-14/h5-12H,4H2,1-3H3,(H,22,24). The summed E-state index contributed by atoms with van der Waals surface area (Å²) in [6, 6.07) is 13.5. The van der Waals surface area contributed by atoms with Crippen LogP contribution < -0.4 is 5.43 Å². The molecule has 1 aromatic heterocycles. The minimum absolute atomic E-state index is 0.248. The topological polar surface area (TPSA) is 59.3 Å². The van der Waals surface area contributed by atoms with Crippen molar-refractivity contribution in [3.8, 4) is 0 Å². The first-order chi connectivity index (χ1) is 12.1. The summed E-state index contributed by atoms with van der Waals surface area (Å²) >= 11 is 1.69. The lowest BCUT2D eigenvalue weighted by atomic mass is 10.2. The largest absolute Gasteiger partial charge is 0.329 e. The number of imidazole rings is 1. The second-order valence-electron chi connectivity index (χ2n) is 5.58. The van der Waals surface area contributed by atoms with Gasteiger partial charge in [0.2, 0.25) is 0 Å². The maximum absolute atomic E-state index is 12.3. The van der Waals surface area contributed by atoms with E-state index in [0.29, 0.717) is 5.56 Å². The van der Waals surface area contributed by atoms with Crippen molar-refractivity contribution >= 4 is 34.9 Å². The van der Waals surface area contributed by atoms with Gasteiger partial charge in [-0.25, -0.2) is 10.4 Å². The van der Waals surface area contributed by atoms with Gasteiger partial charge < -0.3 is 4.57 Å². The average Bonchev–Trinajstić information content (AvgIpc) is 2.96. The molecule has 0 aliphatic heterocycles. The number of nitrogens with zero attached hydrogens (tertiary/aromatic N) is 3. The van der Waals surface area contributed by atoms with Gasteiger partial charge in [-0.15, -0.1) is 11.8 Å². The number of hydrogen-bond acceptors (Lipinski definition) is 4. The summed E-state index contributed by atoms with van der Waals surface area (Å²) in [5.41, 5.74) is 5.91. The summed E-state index contributed by atoms with van der Waals surface area (Å²) in [5.74, 6) is 0.698. The SMILES string of the molecule is CCn1c(C)nc2cc(C(=O)NN=Cc3ccc(SC)cc3)ccc21. The van der Waals surface area contributed by atoms with E-state index < -0.39 is 0 Å². The number of carbonyl (C=O) groups is 1. The molecular weight excluding hydrogens is 332 g/mol. The van der Waals surface area contributed by atoms with Gasteiger partial charge in [0.15, 0.2) is 0 Å². The maximum Gasteiger partial charge on any atom is 0.271 e. The number of aryl methyl sites for hydroxylation is 2. The fraction of sp³-hybridized carbons (Fsp3) is 0.211. The molecule has 2 aromatic carbocycles. The lowest BCUT2D eigenvalue weighted by molar-refractivity contribution is 0.0955. The van der Waals surface area contributed by atoms with Crippen molar-refractivity contribution in [3.05, 3.63) is 59.4 Å². The quantitative estimate of drug-likeness (QED) is 0.431. The third-order valence-electron chi connectivity index (χ3n) is 4.01. The molecule has 5 nitrogen and oxygen atoms in total. The van der Waals surface area contributed by atoms with Crippen LogP contribution in [0.5, 0.6) is 0 Å². The number of aromatic nitrogens is 2. The minimum Gasteiger partial charge on any atom is -0.329 e. The van der Waals surface area contributed by atoms with Crippen molar-refractivity contribution in [1.82, 2.24) is 15.0 Å². The smallest absolute Gasteiger partial charge is 0.271 e. The molecule has 1 N–H and O–H groups in total. The van der Waals surface area contributed by atoms with Crippen molar-refractivity contribution in [1.29, 1.82) is 0 Å². The zero-order chi connectivity index (χ0) is 17.8. The summed E-state index contributed by atoms with van der Waals surface area (Å²) in [6.45, 7) is 4.90. The van der Waals surface area contributed by atoms with Gasteiger partial charge in [-0.3, -0.25) is 4.79 Å². The second kappa shape index (κ2) is 7.53. The first kappa shape index (κ1) is 17.2. The average molecular weight is 352 g/mol. The molecule has 128 valence electrons. The highest BCUT2D eigenvalue weighted by molar-refractivity contribution is 7.98. The fourth-order valence-electron chi connectivity index (χ4n) is 2.71. The zero-order valence-electron chi connectivity index (χ0n) is 14.5. The molecule has 0 bridgehead atoms. The van der Waals surface area contributed by atoms with Crippen LogP contribution in [0.1, 0.15) is 28.7 Å². The highest BCUT2D eigenvalue weighted by atomic mass is 32.2. The van der Waals surface area contributed by atoms with Gasteiger partial charge in [-0.1, -0.05) is 12.1 Å². The van der Waals surface area contributed by atoms with Crippen molar-refractivity contribution in [2.75, 3.05) is 6.26 Å². The van der Waals surface area contributed by atoms with Crippen LogP contribution in [-0.4, -0.2) is 27.9 Å². The molecule has 1 amide bonds. The molecule has 0 saturated heterocycles. The monoisotopic (exact) mass is 352 g/mol. The van der Waals surface area contributed by atoms with Gasteiger partial charge in [0, 0.05) is 17.0 Å². The summed E-state index contributed by atoms with van der Waals surface area (Å²) < 4.78 is 2.12. The normalized spacial score (nSPS) is 11.3. The maximum atomic E-state index is 12.3. The van der Waals surface area contributed by atoms with Gasteiger partial charge in [0.1, 0.15) is 5.82 Å². The van der Waals surface area contributed by atoms with Crippen LogP contribution >= 0.6 is 11.8 Å². The van der Waals surface area contributed by atoms with Crippen molar-refractivity contribution in [2.24, 2.45) is 5.10 Å². The summed E-state index contributed by atoms with van der Waals surface area (Å²) in [7, 11) is 0. The summed E-state index contributed by atoms with van der Waals surface area (Å²) in [5, 5.41) is 4.04. The third kappa shape index (κ3) is 3.74. The molecule has 0 aliphatic carbocycles. The zero-order valence-corrected chi connectivity index (χ0v) is 15.3. The number of thioether (sulfide) groups is 1. The second-order valence-corrected chi connectivity index (χ2v) is 6.46. The number of rotatable bonds is 5. The summed E-state index contributed by atoms with van der Waals surface area (Å²) in [4.78, 5) is 18.0. The number of hydrogen-bond donors (Lipinski definition) is 1. The number of amides is 1. The number of carbonyl (C=O) groups excluding carboxylic acids is 1. The Morgan fingerprint density at radius 1 is 1.28 bits per heavy atom. The Balaban J connectivity index is 1.72. The van der Waals surface area contributed by atoms with Gasteiger partial charge in [-0.2, -0.15) is 5.10 Å². The lowest BCUT2D eigenvalue weighted by Gasteiger charge is -2.03. The highest BCUT2D eigenvalue weighted by Gasteiger charge is 2.10. The fourth-order valence-corrected chi connectivity index (χ4v) is 3.12. The van der Waals surface area contributed by atoms with E-state index in [9.17, 15) is 4.79 Å². The van der Waals surface area contributed by atoms with Crippen LogP contribution in [-0.2, 0) is 6.54 Å². The lowest BCUT2D eigenvalue weighted by Crippen LogP contribution is -2.17. The van der Waals surface area contributed by atoms with E-state index in [4.69, 9.17) is 0 Å². The molecule has 0 saturated carbocycles. The van der Waals surface area contributed by atoms with Gasteiger partial charge in [0.25, 0.3) is 5.91 Å². The van der Waals surface area contributed by atoms with E-state index in [-0.39, 0.29) is 5.91 Å². The Morgan fingerprint density at radius 2 is 2.04 bits per heavy atom. The summed E-state index contributed by atoms with van der Waals surface area (Å²) in [6.07, 6.45) is 3.67. The first-order valence-electron chi connectivity index (χ1n) is 8.06. The van der Waals surface area contributed by atoms with Crippen LogP contribution in [0.25, 0.3) is 11.0 Å². The van der Waals surface area contributed by atoms with E-state index in [1.807, 2.05) is 43.5 Å². The molecule has 0 aliphatic rings. The van der Waals surface area contributed by atoms with Crippen LogP contribution in [0.15, 0.2) is 52.5 Å². The molecule has 3 rings (SSSR count). The number of nitrogens with one attached hydrogen (secondary N) is 1.